The lowest BCUT2D eigenvalue weighted by molar-refractivity contribution is -0.126. The van der Waals surface area contributed by atoms with E-state index in [1.165, 1.54) is 17.7 Å². The SMILES string of the molecule is CCCCC1C(c2ccc(F)cc2)=NN(c2ccc(CC)cc2)C1(C)C(=O)NCCCOC. The van der Waals surface area contributed by atoms with E-state index in [0.29, 0.717) is 13.2 Å². The summed E-state index contributed by atoms with van der Waals surface area (Å²) in [7, 11) is 1.66. The molecule has 5 nitrogen and oxygen atoms in total. The maximum absolute atomic E-state index is 13.7. The van der Waals surface area contributed by atoms with Gasteiger partial charge in [0, 0.05) is 26.2 Å². The summed E-state index contributed by atoms with van der Waals surface area (Å²) < 4.78 is 18.8. The number of carbonyl (C=O) groups is 1. The molecule has 6 heteroatoms. The average molecular weight is 454 g/mol. The fourth-order valence-electron chi connectivity index (χ4n) is 4.45. The van der Waals surface area contributed by atoms with Gasteiger partial charge in [-0.05, 0) is 61.6 Å². The Kier molecular flexibility index (Phi) is 8.61. The highest BCUT2D eigenvalue weighted by molar-refractivity contribution is 6.10. The van der Waals surface area contributed by atoms with E-state index in [-0.39, 0.29) is 17.6 Å². The van der Waals surface area contributed by atoms with Crippen molar-refractivity contribution in [2.75, 3.05) is 25.3 Å². The molecule has 1 amide bonds. The molecule has 0 fully saturated rings. The van der Waals surface area contributed by atoms with Gasteiger partial charge in [0.05, 0.1) is 11.4 Å². The largest absolute Gasteiger partial charge is 0.385 e. The quantitative estimate of drug-likeness (QED) is 0.468. The smallest absolute Gasteiger partial charge is 0.248 e. The number of benzene rings is 2. The first-order chi connectivity index (χ1) is 15.9. The summed E-state index contributed by atoms with van der Waals surface area (Å²) in [5.41, 5.74) is 2.88. The molecule has 1 heterocycles. The first kappa shape index (κ1) is 24.9. The van der Waals surface area contributed by atoms with Gasteiger partial charge in [-0.1, -0.05) is 51.0 Å². The van der Waals surface area contributed by atoms with Crippen molar-refractivity contribution in [3.63, 3.8) is 0 Å². The van der Waals surface area contributed by atoms with Gasteiger partial charge >= 0.3 is 0 Å². The number of halogens is 1. The summed E-state index contributed by atoms with van der Waals surface area (Å²) in [6.07, 6.45) is 4.50. The fourth-order valence-corrected chi connectivity index (χ4v) is 4.45. The highest BCUT2D eigenvalue weighted by Crippen LogP contribution is 2.41. The van der Waals surface area contributed by atoms with Crippen LogP contribution in [0.2, 0.25) is 0 Å². The molecule has 2 atom stereocenters. The van der Waals surface area contributed by atoms with E-state index in [9.17, 15) is 9.18 Å². The number of unbranched alkanes of at least 4 members (excludes halogenated alkanes) is 1. The van der Waals surface area contributed by atoms with Gasteiger partial charge in [-0.3, -0.25) is 4.79 Å². The molecule has 2 aromatic rings. The third-order valence-corrected chi connectivity index (χ3v) is 6.50. The summed E-state index contributed by atoms with van der Waals surface area (Å²) in [6, 6.07) is 14.6. The van der Waals surface area contributed by atoms with Gasteiger partial charge in [0.15, 0.2) is 0 Å². The molecular formula is C27H36FN3O2. The Bertz CT molecular complexity index is 943. The third kappa shape index (κ3) is 5.44. The maximum Gasteiger partial charge on any atom is 0.248 e. The van der Waals surface area contributed by atoms with E-state index in [1.54, 1.807) is 19.2 Å². The highest BCUT2D eigenvalue weighted by Gasteiger charge is 2.53. The number of hydrazone groups is 1. The first-order valence-electron chi connectivity index (χ1n) is 12.0. The second-order valence-corrected chi connectivity index (χ2v) is 8.77. The molecule has 2 aromatic carbocycles. The normalized spacial score (nSPS) is 20.1. The lowest BCUT2D eigenvalue weighted by Gasteiger charge is -2.37. The van der Waals surface area contributed by atoms with Gasteiger partial charge in [0.1, 0.15) is 11.4 Å². The lowest BCUT2D eigenvalue weighted by Crippen LogP contribution is -2.58. The Morgan fingerprint density at radius 1 is 1.12 bits per heavy atom. The van der Waals surface area contributed by atoms with Crippen molar-refractivity contribution in [2.24, 2.45) is 11.0 Å². The Hall–Kier alpha value is -2.73. The summed E-state index contributed by atoms with van der Waals surface area (Å²) in [6.45, 7) is 7.38. The van der Waals surface area contributed by atoms with Crippen LogP contribution < -0.4 is 10.3 Å². The molecule has 1 N–H and O–H groups in total. The molecule has 0 bridgehead atoms. The summed E-state index contributed by atoms with van der Waals surface area (Å²) in [5.74, 6) is -0.468. The Morgan fingerprint density at radius 2 is 1.82 bits per heavy atom. The van der Waals surface area contributed by atoms with Gasteiger partial charge < -0.3 is 10.1 Å². The molecular weight excluding hydrogens is 417 g/mol. The van der Waals surface area contributed by atoms with Crippen molar-refractivity contribution in [1.82, 2.24) is 5.32 Å². The number of nitrogens with one attached hydrogen (secondary N) is 1. The molecule has 178 valence electrons. The van der Waals surface area contributed by atoms with Crippen molar-refractivity contribution in [2.45, 2.75) is 58.4 Å². The lowest BCUT2D eigenvalue weighted by atomic mass is 9.77. The molecule has 1 aliphatic rings. The minimum atomic E-state index is -0.903. The van der Waals surface area contributed by atoms with Crippen LogP contribution in [0.3, 0.4) is 0 Å². The van der Waals surface area contributed by atoms with E-state index in [4.69, 9.17) is 9.84 Å². The van der Waals surface area contributed by atoms with Crippen LogP contribution in [0.25, 0.3) is 0 Å². The number of carbonyl (C=O) groups excluding carboxylic acids is 1. The number of nitrogens with zero attached hydrogens (tertiary/aromatic N) is 2. The van der Waals surface area contributed by atoms with Crippen molar-refractivity contribution < 1.29 is 13.9 Å². The average Bonchev–Trinajstić information content (AvgIpc) is 3.14. The predicted octanol–water partition coefficient (Wildman–Crippen LogP) is 5.33. The van der Waals surface area contributed by atoms with Crippen LogP contribution in [-0.4, -0.2) is 37.4 Å². The molecule has 3 rings (SSSR count). The van der Waals surface area contributed by atoms with Crippen LogP contribution in [0.4, 0.5) is 10.1 Å². The predicted molar refractivity (Wildman–Crippen MR) is 132 cm³/mol. The standard InChI is InChI=1S/C27H36FN3O2/c1-5-7-9-24-25(21-12-14-22(28)15-13-21)30-31(23-16-10-20(6-2)11-17-23)27(24,3)26(32)29-18-8-19-33-4/h10-17,24H,5-9,18-19H2,1-4H3,(H,29,32). The molecule has 0 saturated carbocycles. The molecule has 2 unspecified atom stereocenters. The molecule has 0 saturated heterocycles. The monoisotopic (exact) mass is 453 g/mol. The van der Waals surface area contributed by atoms with E-state index in [1.807, 2.05) is 24.1 Å². The Morgan fingerprint density at radius 3 is 2.42 bits per heavy atom. The molecule has 0 aromatic heterocycles. The molecule has 0 radical (unpaired) electrons. The zero-order chi connectivity index (χ0) is 23.8. The van der Waals surface area contributed by atoms with Gasteiger partial charge in [0.2, 0.25) is 5.91 Å². The number of hydrogen-bond acceptors (Lipinski definition) is 4. The van der Waals surface area contributed by atoms with Crippen molar-refractivity contribution in [3.05, 3.63) is 65.5 Å². The zero-order valence-corrected chi connectivity index (χ0v) is 20.2. The third-order valence-electron chi connectivity index (χ3n) is 6.50. The number of amides is 1. The second-order valence-electron chi connectivity index (χ2n) is 8.77. The number of aryl methyl sites for hydroxylation is 1. The second kappa shape index (κ2) is 11.4. The van der Waals surface area contributed by atoms with Gasteiger partial charge in [-0.2, -0.15) is 5.10 Å². The van der Waals surface area contributed by atoms with Crippen LogP contribution in [0.1, 0.15) is 57.6 Å². The number of anilines is 1. The van der Waals surface area contributed by atoms with E-state index in [0.717, 1.165) is 49.1 Å². The summed E-state index contributed by atoms with van der Waals surface area (Å²) in [5, 5.41) is 10.00. The molecule has 0 aliphatic carbocycles. The van der Waals surface area contributed by atoms with Gasteiger partial charge in [-0.25, -0.2) is 9.40 Å². The number of rotatable bonds is 11. The fraction of sp³-hybridized carbons (Fsp3) is 0.481. The van der Waals surface area contributed by atoms with Crippen LogP contribution in [0, 0.1) is 11.7 Å². The molecule has 0 spiro atoms. The topological polar surface area (TPSA) is 53.9 Å². The van der Waals surface area contributed by atoms with Crippen LogP contribution in [0.5, 0.6) is 0 Å². The van der Waals surface area contributed by atoms with Crippen molar-refractivity contribution in [3.8, 4) is 0 Å². The van der Waals surface area contributed by atoms with Crippen LogP contribution >= 0.6 is 0 Å². The molecule has 33 heavy (non-hydrogen) atoms. The zero-order valence-electron chi connectivity index (χ0n) is 20.2. The number of methoxy groups -OCH3 is 1. The number of ether oxygens (including phenoxy) is 1. The number of hydrogen-bond donors (Lipinski definition) is 1. The van der Waals surface area contributed by atoms with Crippen molar-refractivity contribution >= 4 is 17.3 Å². The van der Waals surface area contributed by atoms with E-state index >= 15 is 0 Å². The highest BCUT2D eigenvalue weighted by atomic mass is 19.1. The Balaban J connectivity index is 2.05. The molecule has 1 aliphatic heterocycles. The first-order valence-corrected chi connectivity index (χ1v) is 12.0. The van der Waals surface area contributed by atoms with E-state index in [2.05, 4.69) is 31.3 Å². The van der Waals surface area contributed by atoms with Crippen molar-refractivity contribution in [1.29, 1.82) is 0 Å². The summed E-state index contributed by atoms with van der Waals surface area (Å²) in [4.78, 5) is 13.7. The summed E-state index contributed by atoms with van der Waals surface area (Å²) >= 11 is 0. The maximum atomic E-state index is 13.7. The van der Waals surface area contributed by atoms with Crippen LogP contribution in [-0.2, 0) is 16.0 Å². The minimum absolute atomic E-state index is 0.0554. The Labute approximate surface area is 197 Å². The van der Waals surface area contributed by atoms with Gasteiger partial charge in [0.25, 0.3) is 0 Å². The van der Waals surface area contributed by atoms with Crippen LogP contribution in [0.15, 0.2) is 53.6 Å². The van der Waals surface area contributed by atoms with E-state index < -0.39 is 5.54 Å². The van der Waals surface area contributed by atoms with Gasteiger partial charge in [-0.15, -0.1) is 0 Å². The minimum Gasteiger partial charge on any atom is -0.385 e.